The van der Waals surface area contributed by atoms with Crippen LogP contribution in [0.15, 0.2) is 6.07 Å². The molecular formula is C11H20N4. The topological polar surface area (TPSA) is 104 Å². The first kappa shape index (κ1) is 11.8. The Morgan fingerprint density at radius 3 is 2.13 bits per heavy atom. The van der Waals surface area contributed by atoms with Crippen molar-refractivity contribution >= 4 is 11.4 Å². The lowest BCUT2D eigenvalue weighted by atomic mass is 9.94. The molecule has 1 rings (SSSR count). The van der Waals surface area contributed by atoms with E-state index < -0.39 is 6.17 Å². The molecule has 0 radical (unpaired) electrons. The van der Waals surface area contributed by atoms with Gasteiger partial charge in [0, 0.05) is 16.9 Å². The summed E-state index contributed by atoms with van der Waals surface area (Å²) in [5, 5.41) is 0. The van der Waals surface area contributed by atoms with Gasteiger partial charge >= 0.3 is 0 Å². The van der Waals surface area contributed by atoms with E-state index in [4.69, 9.17) is 22.9 Å². The van der Waals surface area contributed by atoms with Crippen LogP contribution in [-0.4, -0.2) is 0 Å². The molecular weight excluding hydrogens is 188 g/mol. The van der Waals surface area contributed by atoms with Crippen LogP contribution < -0.4 is 22.9 Å². The third-order valence-electron chi connectivity index (χ3n) is 2.70. The molecule has 1 aromatic carbocycles. The van der Waals surface area contributed by atoms with Gasteiger partial charge in [-0.25, -0.2) is 0 Å². The standard InChI is InChI=1S/C11H20N4/c1-3-6-5-8(12)9(11(14)15)7(4-2)10(6)13/h5,11H,3-4,12-15H2,1-2H3. The number of hydrogen-bond donors (Lipinski definition) is 4. The molecule has 0 saturated heterocycles. The van der Waals surface area contributed by atoms with Crippen LogP contribution in [0.25, 0.3) is 0 Å². The lowest BCUT2D eigenvalue weighted by molar-refractivity contribution is 0.763. The van der Waals surface area contributed by atoms with E-state index >= 15 is 0 Å². The summed E-state index contributed by atoms with van der Waals surface area (Å²) in [7, 11) is 0. The maximum absolute atomic E-state index is 6.05. The van der Waals surface area contributed by atoms with Crippen LogP contribution in [-0.2, 0) is 12.8 Å². The van der Waals surface area contributed by atoms with Crippen molar-refractivity contribution < 1.29 is 0 Å². The minimum absolute atomic E-state index is 0.562. The maximum Gasteiger partial charge on any atom is 0.0808 e. The fraction of sp³-hybridized carbons (Fsp3) is 0.455. The average molecular weight is 208 g/mol. The van der Waals surface area contributed by atoms with Crippen molar-refractivity contribution in [3.63, 3.8) is 0 Å². The first-order valence-corrected chi connectivity index (χ1v) is 5.23. The predicted molar refractivity (Wildman–Crippen MR) is 65.1 cm³/mol. The van der Waals surface area contributed by atoms with E-state index in [-0.39, 0.29) is 0 Å². The fourth-order valence-corrected chi connectivity index (χ4v) is 1.92. The second kappa shape index (κ2) is 4.51. The van der Waals surface area contributed by atoms with E-state index in [9.17, 15) is 0 Å². The Morgan fingerprint density at radius 2 is 1.73 bits per heavy atom. The molecule has 0 aliphatic rings. The Morgan fingerprint density at radius 1 is 1.13 bits per heavy atom. The Labute approximate surface area is 90.6 Å². The summed E-state index contributed by atoms with van der Waals surface area (Å²) < 4.78 is 0. The number of nitrogen functional groups attached to an aromatic ring is 2. The first-order valence-electron chi connectivity index (χ1n) is 5.23. The zero-order chi connectivity index (χ0) is 11.6. The van der Waals surface area contributed by atoms with Crippen molar-refractivity contribution in [1.29, 1.82) is 0 Å². The summed E-state index contributed by atoms with van der Waals surface area (Å²) in [6, 6.07) is 1.87. The highest BCUT2D eigenvalue weighted by atomic mass is 14.9. The summed E-state index contributed by atoms with van der Waals surface area (Å²) in [6.45, 7) is 4.07. The van der Waals surface area contributed by atoms with Crippen molar-refractivity contribution in [2.75, 3.05) is 11.5 Å². The van der Waals surface area contributed by atoms with Crippen LogP contribution in [0.2, 0.25) is 0 Å². The number of rotatable bonds is 3. The van der Waals surface area contributed by atoms with Crippen LogP contribution in [0.5, 0.6) is 0 Å². The van der Waals surface area contributed by atoms with E-state index in [2.05, 4.69) is 0 Å². The van der Waals surface area contributed by atoms with Crippen molar-refractivity contribution in [3.8, 4) is 0 Å². The Hall–Kier alpha value is -1.26. The number of benzene rings is 1. The first-order chi connectivity index (χ1) is 7.02. The molecule has 15 heavy (non-hydrogen) atoms. The molecule has 4 heteroatoms. The molecule has 1 aromatic rings. The molecule has 0 aliphatic carbocycles. The van der Waals surface area contributed by atoms with Gasteiger partial charge in [0.05, 0.1) is 6.17 Å². The van der Waals surface area contributed by atoms with Crippen molar-refractivity contribution in [2.24, 2.45) is 11.5 Å². The van der Waals surface area contributed by atoms with Gasteiger partial charge in [0.2, 0.25) is 0 Å². The highest BCUT2D eigenvalue weighted by molar-refractivity contribution is 5.67. The second-order valence-corrected chi connectivity index (χ2v) is 3.66. The summed E-state index contributed by atoms with van der Waals surface area (Å²) in [6.07, 6.45) is 1.10. The van der Waals surface area contributed by atoms with E-state index in [1.807, 2.05) is 19.9 Å². The van der Waals surface area contributed by atoms with Crippen molar-refractivity contribution in [1.82, 2.24) is 0 Å². The number of hydrogen-bond acceptors (Lipinski definition) is 4. The number of nitrogens with two attached hydrogens (primary N) is 4. The van der Waals surface area contributed by atoms with Gasteiger partial charge in [0.1, 0.15) is 0 Å². The van der Waals surface area contributed by atoms with Gasteiger partial charge in [-0.15, -0.1) is 0 Å². The summed E-state index contributed by atoms with van der Waals surface area (Å²) in [5.41, 5.74) is 27.6. The molecule has 0 fully saturated rings. The Kier molecular flexibility index (Phi) is 3.55. The maximum atomic E-state index is 6.05. The summed E-state index contributed by atoms with van der Waals surface area (Å²) >= 11 is 0. The van der Waals surface area contributed by atoms with E-state index in [0.29, 0.717) is 5.69 Å². The third kappa shape index (κ3) is 2.06. The average Bonchev–Trinajstić information content (AvgIpc) is 2.19. The molecule has 0 unspecified atom stereocenters. The van der Waals surface area contributed by atoms with Gasteiger partial charge in [0.15, 0.2) is 0 Å². The lowest BCUT2D eigenvalue weighted by Gasteiger charge is -2.19. The van der Waals surface area contributed by atoms with E-state index in [0.717, 1.165) is 35.2 Å². The Bertz CT molecular complexity index is 358. The van der Waals surface area contributed by atoms with Crippen LogP contribution in [0, 0.1) is 0 Å². The zero-order valence-electron chi connectivity index (χ0n) is 9.38. The smallest absolute Gasteiger partial charge is 0.0808 e. The summed E-state index contributed by atoms with van der Waals surface area (Å²) in [5.74, 6) is 0. The molecule has 4 nitrogen and oxygen atoms in total. The molecule has 0 saturated carbocycles. The van der Waals surface area contributed by atoms with Gasteiger partial charge in [0.25, 0.3) is 0 Å². The van der Waals surface area contributed by atoms with Crippen molar-refractivity contribution in [2.45, 2.75) is 32.9 Å². The van der Waals surface area contributed by atoms with Crippen LogP contribution in [0.1, 0.15) is 36.7 Å². The van der Waals surface area contributed by atoms with Gasteiger partial charge < -0.3 is 22.9 Å². The molecule has 0 amide bonds. The van der Waals surface area contributed by atoms with Gasteiger partial charge in [-0.2, -0.15) is 0 Å². The monoisotopic (exact) mass is 208 g/mol. The molecule has 0 atom stereocenters. The molecule has 8 N–H and O–H groups in total. The molecule has 0 bridgehead atoms. The van der Waals surface area contributed by atoms with E-state index in [1.54, 1.807) is 0 Å². The fourth-order valence-electron chi connectivity index (χ4n) is 1.92. The largest absolute Gasteiger partial charge is 0.398 e. The SMILES string of the molecule is CCc1cc(N)c(C(N)N)c(CC)c1N. The second-order valence-electron chi connectivity index (χ2n) is 3.66. The van der Waals surface area contributed by atoms with Crippen LogP contribution in [0.3, 0.4) is 0 Å². The van der Waals surface area contributed by atoms with Crippen LogP contribution >= 0.6 is 0 Å². The van der Waals surface area contributed by atoms with Crippen LogP contribution in [0.4, 0.5) is 11.4 Å². The lowest BCUT2D eigenvalue weighted by Crippen LogP contribution is -2.24. The highest BCUT2D eigenvalue weighted by Gasteiger charge is 2.15. The van der Waals surface area contributed by atoms with Gasteiger partial charge in [-0.05, 0) is 30.0 Å². The zero-order valence-corrected chi connectivity index (χ0v) is 9.38. The normalized spacial score (nSPS) is 11.0. The van der Waals surface area contributed by atoms with Crippen molar-refractivity contribution in [3.05, 3.63) is 22.8 Å². The molecule has 0 heterocycles. The van der Waals surface area contributed by atoms with Gasteiger partial charge in [-0.1, -0.05) is 13.8 Å². The third-order valence-corrected chi connectivity index (χ3v) is 2.70. The quantitative estimate of drug-likeness (QED) is 0.437. The Balaban J connectivity index is 3.46. The molecule has 0 spiro atoms. The number of aryl methyl sites for hydroxylation is 1. The minimum atomic E-state index is -0.562. The van der Waals surface area contributed by atoms with E-state index in [1.165, 1.54) is 0 Å². The minimum Gasteiger partial charge on any atom is -0.398 e. The molecule has 0 aromatic heterocycles. The summed E-state index contributed by atoms with van der Waals surface area (Å²) in [4.78, 5) is 0. The molecule has 0 aliphatic heterocycles. The highest BCUT2D eigenvalue weighted by Crippen LogP contribution is 2.30. The molecule has 84 valence electrons. The van der Waals surface area contributed by atoms with Gasteiger partial charge in [-0.3, -0.25) is 0 Å². The predicted octanol–water partition coefficient (Wildman–Crippen LogP) is 0.892. The number of anilines is 2.